The summed E-state index contributed by atoms with van der Waals surface area (Å²) in [4.78, 5) is 25.3. The van der Waals surface area contributed by atoms with Gasteiger partial charge in [0.1, 0.15) is 12.2 Å². The Balaban J connectivity index is 1.69. The number of benzene rings is 3. The van der Waals surface area contributed by atoms with Crippen LogP contribution in [0.3, 0.4) is 0 Å². The van der Waals surface area contributed by atoms with E-state index in [9.17, 15) is 20.0 Å². The van der Waals surface area contributed by atoms with E-state index in [0.29, 0.717) is 25.2 Å². The smallest absolute Gasteiger partial charge is 0.407 e. The summed E-state index contributed by atoms with van der Waals surface area (Å²) in [6, 6.07) is 23.6. The van der Waals surface area contributed by atoms with Gasteiger partial charge in [-0.25, -0.2) is 4.79 Å². The maximum atomic E-state index is 12.0. The monoisotopic (exact) mass is 521 g/mol. The number of carbonyl (C=O) groups is 1. The SMILES string of the molecule is CC(C)(C)OC(=O)NCCN(Cc1ccccc1)CC(O)c1ccc(OCc2ccccc2)c([N+](=O)[O-])c1. The number of hydrogen-bond acceptors (Lipinski definition) is 7. The number of nitrogens with zero attached hydrogens (tertiary/aromatic N) is 2. The van der Waals surface area contributed by atoms with Crippen LogP contribution in [0.1, 0.15) is 43.6 Å². The highest BCUT2D eigenvalue weighted by molar-refractivity contribution is 5.67. The molecule has 0 radical (unpaired) electrons. The van der Waals surface area contributed by atoms with Gasteiger partial charge in [-0.2, -0.15) is 0 Å². The summed E-state index contributed by atoms with van der Waals surface area (Å²) in [5.74, 6) is 0.137. The van der Waals surface area contributed by atoms with Crippen molar-refractivity contribution in [1.29, 1.82) is 0 Å². The third-order valence-corrected chi connectivity index (χ3v) is 5.58. The quantitative estimate of drug-likeness (QED) is 0.248. The minimum absolute atomic E-state index is 0.137. The molecular weight excluding hydrogens is 486 g/mol. The Hall–Kier alpha value is -3.95. The first-order valence-electron chi connectivity index (χ1n) is 12.5. The minimum atomic E-state index is -0.998. The van der Waals surface area contributed by atoms with Crippen molar-refractivity contribution in [3.05, 3.63) is 106 Å². The van der Waals surface area contributed by atoms with Crippen LogP contribution in [0.25, 0.3) is 0 Å². The number of nitro benzene ring substituents is 1. The molecule has 0 aliphatic carbocycles. The number of hydrogen-bond donors (Lipinski definition) is 2. The molecule has 3 aromatic carbocycles. The molecule has 0 fully saturated rings. The summed E-state index contributed by atoms with van der Waals surface area (Å²) in [5, 5.41) is 25.5. The lowest BCUT2D eigenvalue weighted by Crippen LogP contribution is -2.39. The van der Waals surface area contributed by atoms with Gasteiger partial charge in [0, 0.05) is 32.2 Å². The predicted molar refractivity (Wildman–Crippen MR) is 145 cm³/mol. The van der Waals surface area contributed by atoms with E-state index < -0.39 is 22.7 Å². The van der Waals surface area contributed by atoms with Crippen molar-refractivity contribution in [2.45, 2.75) is 45.6 Å². The summed E-state index contributed by atoms with van der Waals surface area (Å²) in [6.07, 6.45) is -1.51. The van der Waals surface area contributed by atoms with Gasteiger partial charge >= 0.3 is 11.8 Å². The summed E-state index contributed by atoms with van der Waals surface area (Å²) < 4.78 is 11.0. The maximum Gasteiger partial charge on any atom is 0.407 e. The molecule has 9 nitrogen and oxygen atoms in total. The maximum absolute atomic E-state index is 12.0. The van der Waals surface area contributed by atoms with Crippen LogP contribution in [0.15, 0.2) is 78.9 Å². The van der Waals surface area contributed by atoms with Crippen LogP contribution in [-0.4, -0.2) is 46.3 Å². The van der Waals surface area contributed by atoms with Crippen LogP contribution in [0.2, 0.25) is 0 Å². The zero-order valence-corrected chi connectivity index (χ0v) is 22.0. The number of ether oxygens (including phenoxy) is 2. The van der Waals surface area contributed by atoms with Gasteiger partial charge in [0.15, 0.2) is 5.75 Å². The topological polar surface area (TPSA) is 114 Å². The van der Waals surface area contributed by atoms with Gasteiger partial charge < -0.3 is 19.9 Å². The molecule has 1 unspecified atom stereocenters. The average Bonchev–Trinajstić information content (AvgIpc) is 2.87. The van der Waals surface area contributed by atoms with Crippen molar-refractivity contribution < 1.29 is 24.3 Å². The second-order valence-corrected chi connectivity index (χ2v) is 9.92. The molecule has 1 atom stereocenters. The Morgan fingerprint density at radius 3 is 2.26 bits per heavy atom. The van der Waals surface area contributed by atoms with Crippen LogP contribution in [0.4, 0.5) is 10.5 Å². The molecule has 0 spiro atoms. The number of rotatable bonds is 12. The lowest BCUT2D eigenvalue weighted by molar-refractivity contribution is -0.386. The first-order valence-corrected chi connectivity index (χ1v) is 12.5. The van der Waals surface area contributed by atoms with Crippen molar-refractivity contribution in [3.8, 4) is 5.75 Å². The zero-order valence-electron chi connectivity index (χ0n) is 22.0. The first kappa shape index (κ1) is 28.6. The summed E-state index contributed by atoms with van der Waals surface area (Å²) in [6.45, 7) is 7.04. The molecule has 1 amide bonds. The number of aliphatic hydroxyl groups excluding tert-OH is 1. The third kappa shape index (κ3) is 9.49. The third-order valence-electron chi connectivity index (χ3n) is 5.58. The second kappa shape index (κ2) is 13.6. The van der Waals surface area contributed by atoms with Crippen molar-refractivity contribution in [1.82, 2.24) is 10.2 Å². The fourth-order valence-electron chi connectivity index (χ4n) is 3.80. The van der Waals surface area contributed by atoms with Crippen LogP contribution >= 0.6 is 0 Å². The van der Waals surface area contributed by atoms with Crippen LogP contribution in [0.5, 0.6) is 5.75 Å². The molecule has 0 aliphatic heterocycles. The number of amides is 1. The van der Waals surface area contributed by atoms with Gasteiger partial charge in [-0.05, 0) is 43.5 Å². The standard InChI is InChI=1S/C29H35N3O6/c1-29(2,3)38-28(34)30-16-17-31(19-22-10-6-4-7-11-22)20-26(33)24-14-15-27(25(18-24)32(35)36)37-21-23-12-8-5-9-13-23/h4-15,18,26,33H,16-17,19-21H2,1-3H3,(H,30,34). The molecule has 202 valence electrons. The fraction of sp³-hybridized carbons (Fsp3) is 0.345. The Bertz CT molecular complexity index is 1180. The highest BCUT2D eigenvalue weighted by Crippen LogP contribution is 2.31. The van der Waals surface area contributed by atoms with Gasteiger partial charge in [-0.1, -0.05) is 66.7 Å². The summed E-state index contributed by atoms with van der Waals surface area (Å²) in [5.41, 5.74) is 1.52. The number of nitrogens with one attached hydrogen (secondary N) is 1. The Morgan fingerprint density at radius 2 is 1.66 bits per heavy atom. The molecule has 0 saturated carbocycles. The van der Waals surface area contributed by atoms with E-state index in [1.54, 1.807) is 26.8 Å². The Labute approximate surface area is 223 Å². The normalized spacial score (nSPS) is 12.1. The number of carbonyl (C=O) groups excluding carboxylic acids is 1. The van der Waals surface area contributed by atoms with E-state index in [-0.39, 0.29) is 24.6 Å². The lowest BCUT2D eigenvalue weighted by atomic mass is 10.1. The number of alkyl carbamates (subject to hydrolysis) is 1. The lowest BCUT2D eigenvalue weighted by Gasteiger charge is -2.26. The highest BCUT2D eigenvalue weighted by atomic mass is 16.6. The van der Waals surface area contributed by atoms with Gasteiger partial charge in [0.25, 0.3) is 0 Å². The fourth-order valence-corrected chi connectivity index (χ4v) is 3.80. The van der Waals surface area contributed by atoms with Crippen LogP contribution < -0.4 is 10.1 Å². The van der Waals surface area contributed by atoms with Gasteiger partial charge in [0.2, 0.25) is 0 Å². The predicted octanol–water partition coefficient (Wildman–Crippen LogP) is 5.23. The van der Waals surface area contributed by atoms with E-state index in [4.69, 9.17) is 9.47 Å². The molecule has 2 N–H and O–H groups in total. The molecule has 0 aromatic heterocycles. The molecule has 38 heavy (non-hydrogen) atoms. The zero-order chi connectivity index (χ0) is 27.5. The largest absolute Gasteiger partial charge is 0.482 e. The van der Waals surface area contributed by atoms with Crippen molar-refractivity contribution >= 4 is 11.8 Å². The van der Waals surface area contributed by atoms with Crippen molar-refractivity contribution in [3.63, 3.8) is 0 Å². The van der Waals surface area contributed by atoms with Gasteiger partial charge in [0.05, 0.1) is 11.0 Å². The minimum Gasteiger partial charge on any atom is -0.482 e. The summed E-state index contributed by atoms with van der Waals surface area (Å²) >= 11 is 0. The van der Waals surface area contributed by atoms with E-state index in [1.165, 1.54) is 12.1 Å². The first-order chi connectivity index (χ1) is 18.1. The average molecular weight is 522 g/mol. The summed E-state index contributed by atoms with van der Waals surface area (Å²) in [7, 11) is 0. The Morgan fingerprint density at radius 1 is 1.03 bits per heavy atom. The Kier molecular flexibility index (Phi) is 10.2. The van der Waals surface area contributed by atoms with E-state index >= 15 is 0 Å². The molecule has 3 rings (SSSR count). The van der Waals surface area contributed by atoms with Crippen molar-refractivity contribution in [2.75, 3.05) is 19.6 Å². The van der Waals surface area contributed by atoms with E-state index in [1.807, 2.05) is 65.6 Å². The van der Waals surface area contributed by atoms with Crippen LogP contribution in [0, 0.1) is 10.1 Å². The number of nitro groups is 1. The second-order valence-electron chi connectivity index (χ2n) is 9.92. The van der Waals surface area contributed by atoms with Gasteiger partial charge in [-0.3, -0.25) is 15.0 Å². The molecule has 9 heteroatoms. The molecule has 3 aromatic rings. The molecular formula is C29H35N3O6. The highest BCUT2D eigenvalue weighted by Gasteiger charge is 2.22. The van der Waals surface area contributed by atoms with Gasteiger partial charge in [-0.15, -0.1) is 0 Å². The molecule has 0 aliphatic rings. The molecule has 0 bridgehead atoms. The van der Waals surface area contributed by atoms with Crippen LogP contribution in [-0.2, 0) is 17.9 Å². The number of aliphatic hydroxyl groups is 1. The molecule has 0 saturated heterocycles. The van der Waals surface area contributed by atoms with Crippen molar-refractivity contribution in [2.24, 2.45) is 0 Å². The molecule has 0 heterocycles. The van der Waals surface area contributed by atoms with E-state index in [2.05, 4.69) is 5.32 Å². The van der Waals surface area contributed by atoms with E-state index in [0.717, 1.165) is 11.1 Å².